The van der Waals surface area contributed by atoms with Gasteiger partial charge in [-0.3, -0.25) is 5.32 Å². The van der Waals surface area contributed by atoms with Gasteiger partial charge in [-0.1, -0.05) is 0 Å². The fourth-order valence-electron chi connectivity index (χ4n) is 1.03. The summed E-state index contributed by atoms with van der Waals surface area (Å²) >= 11 is 1.20. The van der Waals surface area contributed by atoms with Crippen LogP contribution < -0.4 is 5.32 Å². The minimum atomic E-state index is -1.06. The molecule has 6 heteroatoms. The highest BCUT2D eigenvalue weighted by Crippen LogP contribution is 2.27. The molecule has 0 unspecified atom stereocenters. The standard InChI is InChI=1S/C9H11NO4S/c1-3-14-9(13)10-7-6(8(11)12)4-5(2)15-7/h4H,3H2,1-2H3,(H,10,13)(H,11,12). The number of hydrogen-bond acceptors (Lipinski definition) is 4. The third-order valence-electron chi connectivity index (χ3n) is 1.58. The number of carbonyl (C=O) groups is 2. The van der Waals surface area contributed by atoms with E-state index in [9.17, 15) is 9.59 Å². The Balaban J connectivity index is 2.84. The Bertz CT molecular complexity index is 385. The number of carboxylic acid groups (broad SMARTS) is 1. The lowest BCUT2D eigenvalue weighted by molar-refractivity contribution is 0.0698. The van der Waals surface area contributed by atoms with E-state index in [-0.39, 0.29) is 12.2 Å². The highest BCUT2D eigenvalue weighted by molar-refractivity contribution is 7.16. The number of thiophene rings is 1. The molecule has 0 radical (unpaired) electrons. The molecular formula is C9H11NO4S. The molecule has 1 amide bonds. The largest absolute Gasteiger partial charge is 0.478 e. The summed E-state index contributed by atoms with van der Waals surface area (Å²) < 4.78 is 4.65. The zero-order valence-corrected chi connectivity index (χ0v) is 9.18. The Hall–Kier alpha value is -1.56. The van der Waals surface area contributed by atoms with Gasteiger partial charge in [0, 0.05) is 4.88 Å². The highest BCUT2D eigenvalue weighted by Gasteiger charge is 2.15. The van der Waals surface area contributed by atoms with Gasteiger partial charge in [-0.05, 0) is 19.9 Å². The van der Waals surface area contributed by atoms with Crippen LogP contribution in [0.1, 0.15) is 22.2 Å². The Labute approximate surface area is 90.7 Å². The molecule has 0 aromatic carbocycles. The second-order valence-electron chi connectivity index (χ2n) is 2.75. The van der Waals surface area contributed by atoms with E-state index in [1.54, 1.807) is 13.8 Å². The van der Waals surface area contributed by atoms with Crippen molar-refractivity contribution in [3.63, 3.8) is 0 Å². The summed E-state index contributed by atoms with van der Waals surface area (Å²) in [6.07, 6.45) is -0.637. The minimum Gasteiger partial charge on any atom is -0.478 e. The molecule has 0 saturated carbocycles. The van der Waals surface area contributed by atoms with Gasteiger partial charge in [0.1, 0.15) is 5.00 Å². The fourth-order valence-corrected chi connectivity index (χ4v) is 1.92. The number of rotatable bonds is 3. The van der Waals surface area contributed by atoms with Crippen LogP contribution in [0.15, 0.2) is 6.07 Å². The van der Waals surface area contributed by atoms with Crippen LogP contribution in [-0.2, 0) is 4.74 Å². The molecule has 0 bridgehead atoms. The summed E-state index contributed by atoms with van der Waals surface area (Å²) in [6, 6.07) is 1.51. The molecule has 1 aromatic heterocycles. The third kappa shape index (κ3) is 2.95. The summed E-state index contributed by atoms with van der Waals surface area (Å²) in [7, 11) is 0. The number of aromatic carboxylic acids is 1. The quantitative estimate of drug-likeness (QED) is 0.834. The van der Waals surface area contributed by atoms with Gasteiger partial charge in [-0.25, -0.2) is 9.59 Å². The van der Waals surface area contributed by atoms with Crippen LogP contribution in [0, 0.1) is 6.92 Å². The van der Waals surface area contributed by atoms with E-state index < -0.39 is 12.1 Å². The molecule has 5 nitrogen and oxygen atoms in total. The number of aryl methyl sites for hydroxylation is 1. The van der Waals surface area contributed by atoms with Crippen molar-refractivity contribution in [3.05, 3.63) is 16.5 Å². The monoisotopic (exact) mass is 229 g/mol. The highest BCUT2D eigenvalue weighted by atomic mass is 32.1. The lowest BCUT2D eigenvalue weighted by Gasteiger charge is -2.03. The second kappa shape index (κ2) is 4.79. The van der Waals surface area contributed by atoms with Crippen LogP contribution in [0.4, 0.5) is 9.80 Å². The van der Waals surface area contributed by atoms with Crippen molar-refractivity contribution in [1.82, 2.24) is 0 Å². The Kier molecular flexibility index (Phi) is 3.68. The van der Waals surface area contributed by atoms with Crippen LogP contribution in [0.5, 0.6) is 0 Å². The topological polar surface area (TPSA) is 75.6 Å². The first kappa shape index (κ1) is 11.5. The third-order valence-corrected chi connectivity index (χ3v) is 2.54. The van der Waals surface area contributed by atoms with Gasteiger partial charge in [0.2, 0.25) is 0 Å². The minimum absolute atomic E-state index is 0.0885. The number of anilines is 1. The van der Waals surface area contributed by atoms with Gasteiger partial charge in [0.05, 0.1) is 12.2 Å². The number of ether oxygens (including phenoxy) is 1. The molecule has 0 aliphatic carbocycles. The molecule has 0 saturated heterocycles. The molecule has 2 N–H and O–H groups in total. The molecule has 82 valence electrons. The summed E-state index contributed by atoms with van der Waals surface area (Å²) in [5.41, 5.74) is 0.0885. The molecule has 1 aromatic rings. The van der Waals surface area contributed by atoms with Crippen LogP contribution in [0.3, 0.4) is 0 Å². The number of amides is 1. The molecular weight excluding hydrogens is 218 g/mol. The molecule has 0 aliphatic rings. The van der Waals surface area contributed by atoms with Gasteiger partial charge in [-0.15, -0.1) is 11.3 Å². The van der Waals surface area contributed by atoms with E-state index in [0.717, 1.165) is 4.88 Å². The van der Waals surface area contributed by atoms with Gasteiger partial charge < -0.3 is 9.84 Å². The van der Waals surface area contributed by atoms with Crippen molar-refractivity contribution < 1.29 is 19.4 Å². The Morgan fingerprint density at radius 3 is 2.80 bits per heavy atom. The van der Waals surface area contributed by atoms with E-state index in [4.69, 9.17) is 5.11 Å². The summed E-state index contributed by atoms with van der Waals surface area (Å²) in [4.78, 5) is 22.7. The predicted molar refractivity (Wildman–Crippen MR) is 56.7 cm³/mol. The van der Waals surface area contributed by atoms with E-state index >= 15 is 0 Å². The SMILES string of the molecule is CCOC(=O)Nc1sc(C)cc1C(=O)O. The van der Waals surface area contributed by atoms with Crippen LogP contribution in [0.2, 0.25) is 0 Å². The Morgan fingerprint density at radius 2 is 2.27 bits per heavy atom. The van der Waals surface area contributed by atoms with E-state index in [1.165, 1.54) is 17.4 Å². The van der Waals surface area contributed by atoms with E-state index in [0.29, 0.717) is 5.00 Å². The lowest BCUT2D eigenvalue weighted by atomic mass is 10.3. The average Bonchev–Trinajstić information content (AvgIpc) is 2.47. The zero-order chi connectivity index (χ0) is 11.4. The van der Waals surface area contributed by atoms with Crippen LogP contribution in [0.25, 0.3) is 0 Å². The van der Waals surface area contributed by atoms with Crippen molar-refractivity contribution >= 4 is 28.4 Å². The molecule has 1 rings (SSSR count). The molecule has 0 atom stereocenters. The first-order valence-corrected chi connectivity index (χ1v) is 5.13. The molecule has 0 fully saturated rings. The normalized spacial score (nSPS) is 9.73. The summed E-state index contributed by atoms with van der Waals surface area (Å²) in [6.45, 7) is 3.70. The zero-order valence-electron chi connectivity index (χ0n) is 8.36. The predicted octanol–water partition coefficient (Wildman–Crippen LogP) is 2.32. The van der Waals surface area contributed by atoms with E-state index in [1.807, 2.05) is 0 Å². The first-order valence-electron chi connectivity index (χ1n) is 4.32. The molecule has 1 heterocycles. The second-order valence-corrected chi connectivity index (χ2v) is 4.01. The van der Waals surface area contributed by atoms with Gasteiger partial charge in [-0.2, -0.15) is 0 Å². The van der Waals surface area contributed by atoms with Gasteiger partial charge >= 0.3 is 12.1 Å². The maximum absolute atomic E-state index is 11.1. The number of nitrogens with one attached hydrogen (secondary N) is 1. The maximum atomic E-state index is 11.1. The van der Waals surface area contributed by atoms with Crippen molar-refractivity contribution in [2.45, 2.75) is 13.8 Å². The van der Waals surface area contributed by atoms with Crippen LogP contribution in [-0.4, -0.2) is 23.8 Å². The maximum Gasteiger partial charge on any atom is 0.412 e. The fraction of sp³-hybridized carbons (Fsp3) is 0.333. The van der Waals surface area contributed by atoms with Gasteiger partial charge in [0.25, 0.3) is 0 Å². The number of carboxylic acids is 1. The van der Waals surface area contributed by atoms with Crippen molar-refractivity contribution in [2.75, 3.05) is 11.9 Å². The van der Waals surface area contributed by atoms with Crippen molar-refractivity contribution in [3.8, 4) is 0 Å². The Morgan fingerprint density at radius 1 is 1.60 bits per heavy atom. The first-order chi connectivity index (χ1) is 7.04. The average molecular weight is 229 g/mol. The van der Waals surface area contributed by atoms with E-state index in [2.05, 4.69) is 10.1 Å². The van der Waals surface area contributed by atoms with Crippen molar-refractivity contribution in [2.24, 2.45) is 0 Å². The van der Waals surface area contributed by atoms with Crippen LogP contribution >= 0.6 is 11.3 Å². The molecule has 0 spiro atoms. The summed E-state index contributed by atoms with van der Waals surface area (Å²) in [5.74, 6) is -1.06. The summed E-state index contributed by atoms with van der Waals surface area (Å²) in [5, 5.41) is 11.5. The number of carbonyl (C=O) groups excluding carboxylic acids is 1. The smallest absolute Gasteiger partial charge is 0.412 e. The van der Waals surface area contributed by atoms with Crippen molar-refractivity contribution in [1.29, 1.82) is 0 Å². The molecule has 15 heavy (non-hydrogen) atoms. The molecule has 0 aliphatic heterocycles. The number of hydrogen-bond donors (Lipinski definition) is 2. The lowest BCUT2D eigenvalue weighted by Crippen LogP contribution is -2.14. The van der Waals surface area contributed by atoms with Gasteiger partial charge in [0.15, 0.2) is 0 Å².